The van der Waals surface area contributed by atoms with E-state index in [-0.39, 0.29) is 5.41 Å². The molecule has 17 heavy (non-hydrogen) atoms. The third-order valence-electron chi connectivity index (χ3n) is 2.72. The zero-order valence-electron chi connectivity index (χ0n) is 10.3. The van der Waals surface area contributed by atoms with Crippen LogP contribution in [-0.4, -0.2) is 9.97 Å². The number of H-pyrrole nitrogens is 1. The minimum Gasteiger partial charge on any atom is -0.330 e. The first-order chi connectivity index (χ1) is 8.00. The molecule has 0 saturated heterocycles. The highest BCUT2D eigenvalue weighted by Gasteiger charge is 2.13. The average Bonchev–Trinajstić information content (AvgIpc) is 2.76. The minimum atomic E-state index is 0.152. The van der Waals surface area contributed by atoms with Gasteiger partial charge >= 0.3 is 0 Å². The predicted octanol–water partition coefficient (Wildman–Crippen LogP) is 3.25. The second-order valence-corrected chi connectivity index (χ2v) is 5.08. The van der Waals surface area contributed by atoms with E-state index in [2.05, 4.69) is 42.9 Å². The number of hydrogen-bond donors (Lipinski definition) is 1. The number of aromatic amines is 1. The van der Waals surface area contributed by atoms with Crippen molar-refractivity contribution in [3.05, 3.63) is 41.7 Å². The van der Waals surface area contributed by atoms with Crippen LogP contribution in [0.3, 0.4) is 0 Å². The third-order valence-corrected chi connectivity index (χ3v) is 2.72. The summed E-state index contributed by atoms with van der Waals surface area (Å²) in [7, 11) is 0. The molecule has 0 aliphatic heterocycles. The standard InChI is InChI=1S/C14H15N3/c1-14(2,3)11-6-4-10(5-7-11)13-16-9-12(8-15)17-13/h4-7,9H,1-3H3,(H,16,17). The smallest absolute Gasteiger partial charge is 0.138 e. The number of nitrogens with zero attached hydrogens (tertiary/aromatic N) is 2. The topological polar surface area (TPSA) is 52.5 Å². The van der Waals surface area contributed by atoms with Crippen LogP contribution in [0, 0.1) is 11.3 Å². The Bertz CT molecular complexity index is 550. The Labute approximate surface area is 101 Å². The van der Waals surface area contributed by atoms with Crippen LogP contribution < -0.4 is 0 Å². The van der Waals surface area contributed by atoms with Gasteiger partial charge in [-0.1, -0.05) is 45.0 Å². The van der Waals surface area contributed by atoms with Crippen LogP contribution in [0.1, 0.15) is 32.0 Å². The normalized spacial score (nSPS) is 11.2. The molecule has 0 amide bonds. The van der Waals surface area contributed by atoms with Crippen LogP contribution in [0.2, 0.25) is 0 Å². The summed E-state index contributed by atoms with van der Waals surface area (Å²) in [6.45, 7) is 6.55. The first-order valence-electron chi connectivity index (χ1n) is 5.57. The monoisotopic (exact) mass is 225 g/mol. The van der Waals surface area contributed by atoms with Gasteiger partial charge in [-0.15, -0.1) is 0 Å². The van der Waals surface area contributed by atoms with Crippen LogP contribution in [0.15, 0.2) is 30.5 Å². The molecule has 86 valence electrons. The van der Waals surface area contributed by atoms with Crippen molar-refractivity contribution in [2.24, 2.45) is 0 Å². The maximum absolute atomic E-state index is 8.73. The lowest BCUT2D eigenvalue weighted by Crippen LogP contribution is -2.10. The Hall–Kier alpha value is -2.08. The number of aromatic nitrogens is 2. The van der Waals surface area contributed by atoms with Gasteiger partial charge in [0.1, 0.15) is 17.6 Å². The van der Waals surface area contributed by atoms with Gasteiger partial charge in [-0.3, -0.25) is 0 Å². The highest BCUT2D eigenvalue weighted by atomic mass is 14.9. The van der Waals surface area contributed by atoms with E-state index in [9.17, 15) is 0 Å². The molecule has 1 aromatic carbocycles. The fourth-order valence-electron chi connectivity index (χ4n) is 1.65. The van der Waals surface area contributed by atoms with Gasteiger partial charge in [0, 0.05) is 5.56 Å². The van der Waals surface area contributed by atoms with E-state index in [0.29, 0.717) is 5.69 Å². The van der Waals surface area contributed by atoms with E-state index in [1.807, 2.05) is 18.2 Å². The summed E-state index contributed by atoms with van der Waals surface area (Å²) < 4.78 is 0. The van der Waals surface area contributed by atoms with Gasteiger partial charge in [-0.2, -0.15) is 5.26 Å². The molecule has 1 N–H and O–H groups in total. The molecule has 0 aliphatic carbocycles. The Balaban J connectivity index is 2.33. The summed E-state index contributed by atoms with van der Waals surface area (Å²) in [6, 6.07) is 10.3. The van der Waals surface area contributed by atoms with E-state index in [1.54, 1.807) is 6.20 Å². The fraction of sp³-hybridized carbons (Fsp3) is 0.286. The molecule has 0 spiro atoms. The summed E-state index contributed by atoms with van der Waals surface area (Å²) in [5, 5.41) is 8.73. The number of hydrogen-bond acceptors (Lipinski definition) is 2. The molecule has 0 fully saturated rings. The number of nitriles is 1. The van der Waals surface area contributed by atoms with Gasteiger partial charge in [0.15, 0.2) is 0 Å². The molecule has 0 radical (unpaired) electrons. The molecular weight excluding hydrogens is 210 g/mol. The zero-order valence-corrected chi connectivity index (χ0v) is 10.3. The Morgan fingerprint density at radius 2 is 1.82 bits per heavy atom. The number of nitrogens with one attached hydrogen (secondary N) is 1. The van der Waals surface area contributed by atoms with E-state index in [4.69, 9.17) is 5.26 Å². The van der Waals surface area contributed by atoms with Crippen molar-refractivity contribution in [2.75, 3.05) is 0 Å². The first-order valence-corrected chi connectivity index (χ1v) is 5.57. The Kier molecular flexibility index (Phi) is 2.72. The average molecular weight is 225 g/mol. The molecule has 0 aliphatic rings. The third kappa shape index (κ3) is 2.36. The van der Waals surface area contributed by atoms with Crippen molar-refractivity contribution < 1.29 is 0 Å². The lowest BCUT2D eigenvalue weighted by Gasteiger charge is -2.18. The summed E-state index contributed by atoms with van der Waals surface area (Å²) in [4.78, 5) is 7.14. The molecule has 0 unspecified atom stereocenters. The van der Waals surface area contributed by atoms with Crippen LogP contribution in [0.5, 0.6) is 0 Å². The van der Waals surface area contributed by atoms with Gasteiger partial charge in [-0.05, 0) is 11.0 Å². The number of benzene rings is 1. The van der Waals surface area contributed by atoms with Crippen LogP contribution in [0.25, 0.3) is 11.4 Å². The first kappa shape index (κ1) is 11.4. The summed E-state index contributed by atoms with van der Waals surface area (Å²) in [5.74, 6) is 0.738. The van der Waals surface area contributed by atoms with Gasteiger partial charge in [0.25, 0.3) is 0 Å². The Morgan fingerprint density at radius 1 is 1.18 bits per heavy atom. The molecular formula is C14H15N3. The summed E-state index contributed by atoms with van der Waals surface area (Å²) in [5.41, 5.74) is 2.92. The highest BCUT2D eigenvalue weighted by molar-refractivity contribution is 5.56. The second kappa shape index (κ2) is 4.06. The van der Waals surface area contributed by atoms with E-state index in [0.717, 1.165) is 11.4 Å². The molecule has 1 aromatic heterocycles. The summed E-state index contributed by atoms with van der Waals surface area (Å²) in [6.07, 6.45) is 1.55. The van der Waals surface area contributed by atoms with Crippen LogP contribution >= 0.6 is 0 Å². The second-order valence-electron chi connectivity index (χ2n) is 5.08. The molecule has 0 bridgehead atoms. The maximum atomic E-state index is 8.73. The van der Waals surface area contributed by atoms with Gasteiger partial charge in [-0.25, -0.2) is 4.98 Å². The molecule has 0 saturated carbocycles. The molecule has 3 nitrogen and oxygen atoms in total. The molecule has 3 heteroatoms. The largest absolute Gasteiger partial charge is 0.330 e. The molecule has 2 aromatic rings. The SMILES string of the molecule is CC(C)(C)c1ccc(-c2ncc(C#N)[nH]2)cc1. The number of rotatable bonds is 1. The van der Waals surface area contributed by atoms with E-state index < -0.39 is 0 Å². The molecule has 2 rings (SSSR count). The fourth-order valence-corrected chi connectivity index (χ4v) is 1.65. The van der Waals surface area contributed by atoms with Crippen molar-refractivity contribution >= 4 is 0 Å². The van der Waals surface area contributed by atoms with Crippen LogP contribution in [0.4, 0.5) is 0 Å². The Morgan fingerprint density at radius 3 is 2.29 bits per heavy atom. The van der Waals surface area contributed by atoms with Crippen molar-refractivity contribution in [1.82, 2.24) is 9.97 Å². The van der Waals surface area contributed by atoms with E-state index >= 15 is 0 Å². The highest BCUT2D eigenvalue weighted by Crippen LogP contribution is 2.24. The zero-order chi connectivity index (χ0) is 12.5. The van der Waals surface area contributed by atoms with Crippen molar-refractivity contribution in [2.45, 2.75) is 26.2 Å². The van der Waals surface area contributed by atoms with Crippen molar-refractivity contribution in [3.63, 3.8) is 0 Å². The summed E-state index contributed by atoms with van der Waals surface area (Å²) >= 11 is 0. The van der Waals surface area contributed by atoms with Crippen LogP contribution in [-0.2, 0) is 5.41 Å². The van der Waals surface area contributed by atoms with Crippen molar-refractivity contribution in [1.29, 1.82) is 5.26 Å². The van der Waals surface area contributed by atoms with Crippen molar-refractivity contribution in [3.8, 4) is 17.5 Å². The predicted molar refractivity (Wildman–Crippen MR) is 67.4 cm³/mol. The molecule has 1 heterocycles. The van der Waals surface area contributed by atoms with E-state index in [1.165, 1.54) is 5.56 Å². The van der Waals surface area contributed by atoms with Gasteiger partial charge in [0.2, 0.25) is 0 Å². The quantitative estimate of drug-likeness (QED) is 0.810. The number of imidazole rings is 1. The van der Waals surface area contributed by atoms with Gasteiger partial charge < -0.3 is 4.98 Å². The lowest BCUT2D eigenvalue weighted by atomic mass is 9.87. The maximum Gasteiger partial charge on any atom is 0.138 e. The lowest BCUT2D eigenvalue weighted by molar-refractivity contribution is 0.590. The minimum absolute atomic E-state index is 0.152. The van der Waals surface area contributed by atoms with Gasteiger partial charge in [0.05, 0.1) is 6.20 Å². The molecule has 0 atom stereocenters.